The van der Waals surface area contributed by atoms with Gasteiger partial charge in [-0.15, -0.1) is 0 Å². The van der Waals surface area contributed by atoms with Gasteiger partial charge in [-0.25, -0.2) is 9.13 Å². The van der Waals surface area contributed by atoms with Crippen LogP contribution < -0.4 is 0 Å². The summed E-state index contributed by atoms with van der Waals surface area (Å²) >= 11 is 0. The van der Waals surface area contributed by atoms with Crippen molar-refractivity contribution in [2.24, 2.45) is 5.41 Å². The summed E-state index contributed by atoms with van der Waals surface area (Å²) in [6, 6.07) is 0. The Kier molecular flexibility index (Phi) is 8.44. The van der Waals surface area contributed by atoms with Crippen molar-refractivity contribution in [2.45, 2.75) is 53.6 Å². The van der Waals surface area contributed by atoms with Gasteiger partial charge >= 0.3 is 15.6 Å². The maximum atomic E-state index is 11.5. The predicted octanol–water partition coefficient (Wildman–Crippen LogP) is 3.49. The molecule has 0 saturated carbocycles. The maximum Gasteiger partial charge on any atom is 0.472 e. The van der Waals surface area contributed by atoms with E-state index in [1.54, 1.807) is 20.8 Å². The lowest BCUT2D eigenvalue weighted by molar-refractivity contribution is 0.0507. The molecule has 0 aromatic carbocycles. The topological polar surface area (TPSA) is 112 Å². The number of hydrogen-bond donors (Lipinski definition) is 2. The first-order valence-corrected chi connectivity index (χ1v) is 9.91. The highest BCUT2D eigenvalue weighted by Gasteiger charge is 2.29. The molecule has 0 heterocycles. The molecule has 134 valence electrons. The van der Waals surface area contributed by atoms with Crippen LogP contribution in [-0.2, 0) is 27.2 Å². The van der Waals surface area contributed by atoms with Crippen LogP contribution in [0.4, 0.5) is 0 Å². The van der Waals surface area contributed by atoms with Crippen molar-refractivity contribution in [3.63, 3.8) is 0 Å². The summed E-state index contributed by atoms with van der Waals surface area (Å²) in [7, 11) is -8.43. The Morgan fingerprint density at radius 1 is 0.773 bits per heavy atom. The summed E-state index contributed by atoms with van der Waals surface area (Å²) in [4.78, 5) is 18.8. The van der Waals surface area contributed by atoms with Crippen LogP contribution in [0, 0.1) is 5.41 Å². The van der Waals surface area contributed by atoms with Crippen LogP contribution in [0.5, 0.6) is 0 Å². The molecule has 0 aliphatic carbocycles. The average Bonchev–Trinajstić information content (AvgIpc) is 2.18. The molecule has 8 nitrogen and oxygen atoms in total. The summed E-state index contributed by atoms with van der Waals surface area (Å²) in [5.41, 5.74) is -0.885. The van der Waals surface area contributed by atoms with Crippen LogP contribution in [-0.4, -0.2) is 35.2 Å². The molecule has 10 heteroatoms. The number of phosphoric ester groups is 2. The molecule has 22 heavy (non-hydrogen) atoms. The quantitative estimate of drug-likeness (QED) is 0.474. The molecule has 0 fully saturated rings. The van der Waals surface area contributed by atoms with Crippen LogP contribution in [0.15, 0.2) is 0 Å². The van der Waals surface area contributed by atoms with E-state index in [1.807, 2.05) is 20.8 Å². The van der Waals surface area contributed by atoms with E-state index in [0.29, 0.717) is 6.42 Å². The molecule has 0 aromatic rings. The van der Waals surface area contributed by atoms with E-state index in [4.69, 9.17) is 9.05 Å². The van der Waals surface area contributed by atoms with E-state index in [-0.39, 0.29) is 25.2 Å². The van der Waals surface area contributed by atoms with Gasteiger partial charge < -0.3 is 9.79 Å². The van der Waals surface area contributed by atoms with E-state index >= 15 is 0 Å². The third kappa shape index (κ3) is 13.9. The van der Waals surface area contributed by atoms with Crippen molar-refractivity contribution in [3.05, 3.63) is 0 Å². The SMILES string of the molecule is CC(C)(C)CCOP(=O)(O)OCCOP(=O)(O)OC(C)(C)C. The van der Waals surface area contributed by atoms with Gasteiger partial charge in [0.2, 0.25) is 0 Å². The van der Waals surface area contributed by atoms with Crippen LogP contribution in [0.25, 0.3) is 0 Å². The van der Waals surface area contributed by atoms with Crippen molar-refractivity contribution in [3.8, 4) is 0 Å². The molecular formula is C12H28O8P2. The summed E-state index contributed by atoms with van der Waals surface area (Å²) in [5.74, 6) is 0. The third-order valence-corrected chi connectivity index (χ3v) is 4.39. The first-order valence-electron chi connectivity index (χ1n) is 6.92. The first-order chi connectivity index (χ1) is 9.62. The van der Waals surface area contributed by atoms with Gasteiger partial charge in [-0.3, -0.25) is 18.1 Å². The second-order valence-electron chi connectivity index (χ2n) is 6.95. The number of rotatable bonds is 9. The molecule has 0 aliphatic rings. The average molecular weight is 362 g/mol. The molecule has 0 radical (unpaired) electrons. The van der Waals surface area contributed by atoms with E-state index in [1.165, 1.54) is 0 Å². The van der Waals surface area contributed by atoms with Crippen molar-refractivity contribution in [1.82, 2.24) is 0 Å². The van der Waals surface area contributed by atoms with Gasteiger partial charge in [-0.2, -0.15) is 0 Å². The second-order valence-corrected chi connectivity index (χ2v) is 9.78. The molecule has 0 rings (SSSR count). The van der Waals surface area contributed by atoms with Gasteiger partial charge in [0, 0.05) is 0 Å². The first kappa shape index (κ1) is 22.2. The van der Waals surface area contributed by atoms with Crippen LogP contribution in [0.3, 0.4) is 0 Å². The Morgan fingerprint density at radius 3 is 1.59 bits per heavy atom. The van der Waals surface area contributed by atoms with Gasteiger partial charge in [0.05, 0.1) is 25.4 Å². The zero-order valence-corrected chi connectivity index (χ0v) is 15.9. The van der Waals surface area contributed by atoms with Gasteiger partial charge in [-0.1, -0.05) is 20.8 Å². The van der Waals surface area contributed by atoms with Crippen molar-refractivity contribution in [2.75, 3.05) is 19.8 Å². The van der Waals surface area contributed by atoms with Gasteiger partial charge in [0.1, 0.15) is 0 Å². The summed E-state index contributed by atoms with van der Waals surface area (Å²) < 4.78 is 42.0. The minimum atomic E-state index is -4.23. The predicted molar refractivity (Wildman–Crippen MR) is 82.4 cm³/mol. The molecule has 0 bridgehead atoms. The van der Waals surface area contributed by atoms with Crippen molar-refractivity contribution >= 4 is 15.6 Å². The molecule has 0 aliphatic heterocycles. The fourth-order valence-electron chi connectivity index (χ4n) is 1.18. The van der Waals surface area contributed by atoms with E-state index in [0.717, 1.165) is 0 Å². The largest absolute Gasteiger partial charge is 0.472 e. The molecular weight excluding hydrogens is 334 g/mol. The Bertz CT molecular complexity index is 424. The fraction of sp³-hybridized carbons (Fsp3) is 1.00. The monoisotopic (exact) mass is 362 g/mol. The highest BCUT2D eigenvalue weighted by atomic mass is 31.2. The van der Waals surface area contributed by atoms with Crippen molar-refractivity contribution in [1.29, 1.82) is 0 Å². The fourth-order valence-corrected chi connectivity index (χ4v) is 2.93. The summed E-state index contributed by atoms with van der Waals surface area (Å²) in [6.45, 7) is 10.0. The molecule has 0 aromatic heterocycles. The van der Waals surface area contributed by atoms with Crippen LogP contribution in [0.1, 0.15) is 48.0 Å². The highest BCUT2D eigenvalue weighted by Crippen LogP contribution is 2.48. The van der Waals surface area contributed by atoms with E-state index < -0.39 is 21.2 Å². The molecule has 0 amide bonds. The number of phosphoric acid groups is 2. The standard InChI is InChI=1S/C12H28O8P2/c1-11(2,3)7-8-17-21(13,14)18-9-10-19-22(15,16)20-12(4,5)6/h7-10H2,1-6H3,(H,13,14)(H,15,16). The molecule has 2 unspecified atom stereocenters. The smallest absolute Gasteiger partial charge is 0.302 e. The Labute approximate surface area is 132 Å². The zero-order valence-electron chi connectivity index (χ0n) is 14.1. The molecule has 2 atom stereocenters. The zero-order chi connectivity index (χ0) is 17.7. The van der Waals surface area contributed by atoms with Crippen LogP contribution in [0.2, 0.25) is 0 Å². The summed E-state index contributed by atoms with van der Waals surface area (Å²) in [6.07, 6.45) is 0.586. The lowest BCUT2D eigenvalue weighted by Gasteiger charge is -2.22. The third-order valence-electron chi connectivity index (χ3n) is 2.09. The van der Waals surface area contributed by atoms with Gasteiger partial charge in [-0.05, 0) is 32.6 Å². The van der Waals surface area contributed by atoms with Gasteiger partial charge in [0.25, 0.3) is 0 Å². The molecule has 0 saturated heterocycles. The Morgan fingerprint density at radius 2 is 1.18 bits per heavy atom. The minimum absolute atomic E-state index is 0.0308. The van der Waals surface area contributed by atoms with E-state index in [2.05, 4.69) is 9.05 Å². The van der Waals surface area contributed by atoms with Gasteiger partial charge in [0.15, 0.2) is 0 Å². The lowest BCUT2D eigenvalue weighted by atomic mass is 9.93. The molecule has 2 N–H and O–H groups in total. The highest BCUT2D eigenvalue weighted by molar-refractivity contribution is 7.47. The Hall–Kier alpha value is 0.220. The minimum Gasteiger partial charge on any atom is -0.302 e. The summed E-state index contributed by atoms with van der Waals surface area (Å²) in [5, 5.41) is 0. The van der Waals surface area contributed by atoms with Crippen molar-refractivity contribution < 1.29 is 37.0 Å². The van der Waals surface area contributed by atoms with E-state index in [9.17, 15) is 18.9 Å². The number of hydrogen-bond acceptors (Lipinski definition) is 6. The molecule has 0 spiro atoms. The normalized spacial score (nSPS) is 18.7. The maximum absolute atomic E-state index is 11.5. The lowest BCUT2D eigenvalue weighted by Crippen LogP contribution is -2.18. The van der Waals surface area contributed by atoms with Crippen LogP contribution >= 0.6 is 15.6 Å². The second kappa shape index (κ2) is 8.36. The Balaban J connectivity index is 4.04.